The summed E-state index contributed by atoms with van der Waals surface area (Å²) in [5.41, 5.74) is 5.75. The van der Waals surface area contributed by atoms with Crippen LogP contribution in [0.15, 0.2) is 41.3 Å². The summed E-state index contributed by atoms with van der Waals surface area (Å²) < 4.78 is 27.1. The second-order valence-electron chi connectivity index (χ2n) is 6.78. The molecule has 3 rings (SSSR count). The number of primary amides is 1. The number of piperidine rings is 1. The van der Waals surface area contributed by atoms with Gasteiger partial charge in [-0.1, -0.05) is 40.9 Å². The lowest BCUT2D eigenvalue weighted by Gasteiger charge is -2.31. The minimum Gasteiger partial charge on any atom is -0.366 e. The Labute approximate surface area is 189 Å². The Kier molecular flexibility index (Phi) is 6.94. The van der Waals surface area contributed by atoms with Gasteiger partial charge in [0.25, 0.3) is 0 Å². The molecule has 2 aromatic rings. The van der Waals surface area contributed by atoms with Crippen LogP contribution < -0.4 is 11.1 Å². The number of hydrogen-bond acceptors (Lipinski definition) is 4. The van der Waals surface area contributed by atoms with Gasteiger partial charge in [-0.05, 0) is 43.2 Å². The molecule has 0 saturated carbocycles. The molecule has 30 heavy (non-hydrogen) atoms. The first kappa shape index (κ1) is 22.8. The number of carbonyl (C=O) groups excluding carboxylic acids is 2. The highest BCUT2D eigenvalue weighted by molar-refractivity contribution is 7.89. The maximum absolute atomic E-state index is 12.9. The summed E-state index contributed by atoms with van der Waals surface area (Å²) in [4.78, 5) is 23.9. The van der Waals surface area contributed by atoms with Crippen LogP contribution in [-0.2, 0) is 14.8 Å². The van der Waals surface area contributed by atoms with Crippen molar-refractivity contribution in [1.82, 2.24) is 4.31 Å². The average Bonchev–Trinajstić information content (AvgIpc) is 2.69. The van der Waals surface area contributed by atoms with Gasteiger partial charge < -0.3 is 11.1 Å². The predicted octanol–water partition coefficient (Wildman–Crippen LogP) is 3.79. The zero-order valence-corrected chi connectivity index (χ0v) is 18.7. The summed E-state index contributed by atoms with van der Waals surface area (Å²) >= 11 is 18.0. The van der Waals surface area contributed by atoms with Gasteiger partial charge in [0.15, 0.2) is 0 Å². The highest BCUT2D eigenvalue weighted by atomic mass is 35.5. The van der Waals surface area contributed by atoms with Gasteiger partial charge in [-0.15, -0.1) is 0 Å². The molecule has 1 saturated heterocycles. The Balaban J connectivity index is 1.68. The van der Waals surface area contributed by atoms with Gasteiger partial charge in [-0.3, -0.25) is 9.59 Å². The third-order valence-corrected chi connectivity index (χ3v) is 8.03. The molecule has 2 aromatic carbocycles. The number of nitrogens with zero attached hydrogens (tertiary/aromatic N) is 1. The van der Waals surface area contributed by atoms with E-state index < -0.39 is 21.8 Å². The molecule has 2 amide bonds. The maximum Gasteiger partial charge on any atom is 0.250 e. The number of anilines is 1. The SMILES string of the molecule is NC(=O)c1cc(NC(=O)C2CCN(S(=O)(=O)c3c(Cl)cccc3Cl)CC2)ccc1Cl. The molecule has 1 aliphatic rings. The van der Waals surface area contributed by atoms with Gasteiger partial charge in [-0.2, -0.15) is 4.31 Å². The Morgan fingerprint density at radius 2 is 1.60 bits per heavy atom. The Morgan fingerprint density at radius 3 is 2.17 bits per heavy atom. The van der Waals surface area contributed by atoms with Crippen molar-refractivity contribution in [3.05, 3.63) is 57.0 Å². The number of hydrogen-bond donors (Lipinski definition) is 2. The van der Waals surface area contributed by atoms with Crippen LogP contribution in [0.25, 0.3) is 0 Å². The fraction of sp³-hybridized carbons (Fsp3) is 0.263. The number of carbonyl (C=O) groups is 2. The minimum absolute atomic E-state index is 0.0513. The quantitative estimate of drug-likeness (QED) is 0.664. The standard InChI is InChI=1S/C19H18Cl3N3O4S/c20-14-5-4-12(10-13(14)18(23)26)24-19(27)11-6-8-25(9-7-11)30(28,29)17-15(21)2-1-3-16(17)22/h1-5,10-11H,6-9H2,(H2,23,26)(H,24,27). The normalized spacial score (nSPS) is 15.7. The molecule has 0 unspecified atom stereocenters. The highest BCUT2D eigenvalue weighted by Gasteiger charge is 2.34. The molecule has 0 bridgehead atoms. The Morgan fingerprint density at radius 1 is 1.00 bits per heavy atom. The molecule has 0 atom stereocenters. The van der Waals surface area contributed by atoms with E-state index in [9.17, 15) is 18.0 Å². The number of amides is 2. The lowest BCUT2D eigenvalue weighted by atomic mass is 9.97. The summed E-state index contributed by atoms with van der Waals surface area (Å²) in [6, 6.07) is 8.94. The van der Waals surface area contributed by atoms with Crippen LogP contribution in [0, 0.1) is 5.92 Å². The van der Waals surface area contributed by atoms with Crippen LogP contribution in [0.4, 0.5) is 5.69 Å². The largest absolute Gasteiger partial charge is 0.366 e. The van der Waals surface area contributed by atoms with Crippen molar-refractivity contribution in [2.75, 3.05) is 18.4 Å². The summed E-state index contributed by atoms with van der Waals surface area (Å²) in [6.07, 6.45) is 0.646. The van der Waals surface area contributed by atoms with E-state index in [-0.39, 0.29) is 44.5 Å². The molecule has 1 heterocycles. The van der Waals surface area contributed by atoms with E-state index in [1.54, 1.807) is 12.1 Å². The second kappa shape index (κ2) is 9.11. The first-order valence-corrected chi connectivity index (χ1v) is 11.5. The third-order valence-electron chi connectivity index (χ3n) is 4.84. The molecule has 1 fully saturated rings. The lowest BCUT2D eigenvalue weighted by molar-refractivity contribution is -0.120. The van der Waals surface area contributed by atoms with Gasteiger partial charge >= 0.3 is 0 Å². The summed E-state index contributed by atoms with van der Waals surface area (Å²) in [5, 5.41) is 3.02. The van der Waals surface area contributed by atoms with Gasteiger partial charge in [-0.25, -0.2) is 8.42 Å². The highest BCUT2D eigenvalue weighted by Crippen LogP contribution is 2.33. The zero-order valence-electron chi connectivity index (χ0n) is 15.6. The van der Waals surface area contributed by atoms with E-state index in [1.807, 2.05) is 0 Å². The average molecular weight is 491 g/mol. The fourth-order valence-electron chi connectivity index (χ4n) is 3.25. The molecule has 0 spiro atoms. The monoisotopic (exact) mass is 489 g/mol. The smallest absolute Gasteiger partial charge is 0.250 e. The first-order chi connectivity index (χ1) is 14.1. The molecule has 11 heteroatoms. The second-order valence-corrected chi connectivity index (χ2v) is 9.87. The van der Waals surface area contributed by atoms with Crippen molar-refractivity contribution in [2.24, 2.45) is 11.7 Å². The van der Waals surface area contributed by atoms with E-state index in [4.69, 9.17) is 40.5 Å². The predicted molar refractivity (Wildman–Crippen MR) is 117 cm³/mol. The summed E-state index contributed by atoms with van der Waals surface area (Å²) in [6.45, 7) is 0.296. The van der Waals surface area contributed by atoms with Crippen LogP contribution in [0.1, 0.15) is 23.2 Å². The van der Waals surface area contributed by atoms with E-state index in [0.717, 1.165) is 0 Å². The van der Waals surface area contributed by atoms with Crippen molar-refractivity contribution >= 4 is 62.3 Å². The van der Waals surface area contributed by atoms with Crippen LogP contribution in [0.3, 0.4) is 0 Å². The van der Waals surface area contributed by atoms with Crippen molar-refractivity contribution in [3.63, 3.8) is 0 Å². The molecule has 0 aromatic heterocycles. The first-order valence-electron chi connectivity index (χ1n) is 8.95. The number of benzene rings is 2. The zero-order chi connectivity index (χ0) is 22.1. The van der Waals surface area contributed by atoms with E-state index in [1.165, 1.54) is 28.6 Å². The van der Waals surface area contributed by atoms with E-state index >= 15 is 0 Å². The van der Waals surface area contributed by atoms with Gasteiger partial charge in [0, 0.05) is 24.7 Å². The van der Waals surface area contributed by atoms with Crippen molar-refractivity contribution in [1.29, 1.82) is 0 Å². The lowest BCUT2D eigenvalue weighted by Crippen LogP contribution is -2.41. The maximum atomic E-state index is 12.9. The molecule has 160 valence electrons. The fourth-order valence-corrected chi connectivity index (χ4v) is 6.02. The van der Waals surface area contributed by atoms with Crippen LogP contribution in [-0.4, -0.2) is 37.6 Å². The van der Waals surface area contributed by atoms with Gasteiger partial charge in [0.2, 0.25) is 21.8 Å². The Bertz CT molecular complexity index is 1080. The third kappa shape index (κ3) is 4.73. The number of halogens is 3. The summed E-state index contributed by atoms with van der Waals surface area (Å²) in [7, 11) is -3.88. The van der Waals surface area contributed by atoms with Crippen LogP contribution >= 0.6 is 34.8 Å². The van der Waals surface area contributed by atoms with Crippen LogP contribution in [0.2, 0.25) is 15.1 Å². The molecule has 0 radical (unpaired) electrons. The molecule has 0 aliphatic carbocycles. The number of sulfonamides is 1. The van der Waals surface area contributed by atoms with E-state index in [2.05, 4.69) is 5.32 Å². The van der Waals surface area contributed by atoms with Crippen molar-refractivity contribution < 1.29 is 18.0 Å². The van der Waals surface area contributed by atoms with Crippen LogP contribution in [0.5, 0.6) is 0 Å². The van der Waals surface area contributed by atoms with Gasteiger partial charge in [0.05, 0.1) is 20.6 Å². The minimum atomic E-state index is -3.88. The molecular formula is C19H18Cl3N3O4S. The topological polar surface area (TPSA) is 110 Å². The Hall–Kier alpha value is -1.84. The number of rotatable bonds is 5. The molecular weight excluding hydrogens is 473 g/mol. The molecule has 7 nitrogen and oxygen atoms in total. The summed E-state index contributed by atoms with van der Waals surface area (Å²) in [5.74, 6) is -1.38. The van der Waals surface area contributed by atoms with Crippen molar-refractivity contribution in [3.8, 4) is 0 Å². The van der Waals surface area contributed by atoms with Crippen molar-refractivity contribution in [2.45, 2.75) is 17.7 Å². The van der Waals surface area contributed by atoms with E-state index in [0.29, 0.717) is 18.5 Å². The number of nitrogens with two attached hydrogens (primary N) is 1. The molecule has 3 N–H and O–H groups in total. The molecule has 1 aliphatic heterocycles. The number of nitrogens with one attached hydrogen (secondary N) is 1. The van der Waals surface area contributed by atoms with Gasteiger partial charge in [0.1, 0.15) is 4.90 Å².